The van der Waals surface area contributed by atoms with Crippen LogP contribution in [0.3, 0.4) is 0 Å². The van der Waals surface area contributed by atoms with Crippen molar-refractivity contribution in [1.29, 1.82) is 0 Å². The molecule has 0 radical (unpaired) electrons. The van der Waals surface area contributed by atoms with Crippen molar-refractivity contribution in [2.24, 2.45) is 0 Å². The van der Waals surface area contributed by atoms with Gasteiger partial charge in [0.15, 0.2) is 23.0 Å². The van der Waals surface area contributed by atoms with Gasteiger partial charge in [0.25, 0.3) is 0 Å². The van der Waals surface area contributed by atoms with E-state index in [1.165, 1.54) is 6.07 Å². The van der Waals surface area contributed by atoms with Gasteiger partial charge in [-0.15, -0.1) is 0 Å². The molecule has 0 aromatic heterocycles. The number of rotatable bonds is 2. The average molecular weight is 382 g/mol. The molecule has 0 N–H and O–H groups in total. The number of para-hydroxylation sites is 2. The molecule has 0 fully saturated rings. The Morgan fingerprint density at radius 2 is 1.42 bits per heavy atom. The Bertz CT molecular complexity index is 1120. The SMILES string of the molecule is O=S(=O)(Oc1cc2ccccc2c2c1Oc1ccccc1O2)C(F)(F)F. The Balaban J connectivity index is 1.93. The van der Waals surface area contributed by atoms with Gasteiger partial charge in [0.2, 0.25) is 5.75 Å². The predicted octanol–water partition coefficient (Wildman–Crippen LogP) is 4.97. The highest BCUT2D eigenvalue weighted by Crippen LogP contribution is 2.53. The number of alkyl halides is 3. The number of hydrogen-bond donors (Lipinski definition) is 0. The maximum absolute atomic E-state index is 12.7. The second kappa shape index (κ2) is 5.53. The molecule has 3 aromatic carbocycles. The van der Waals surface area contributed by atoms with E-state index in [-0.39, 0.29) is 17.2 Å². The lowest BCUT2D eigenvalue weighted by molar-refractivity contribution is -0.0500. The lowest BCUT2D eigenvalue weighted by Gasteiger charge is -2.24. The van der Waals surface area contributed by atoms with Crippen molar-refractivity contribution in [2.45, 2.75) is 5.51 Å². The largest absolute Gasteiger partial charge is 0.534 e. The predicted molar refractivity (Wildman–Crippen MR) is 86.1 cm³/mol. The average Bonchev–Trinajstić information content (AvgIpc) is 2.59. The quantitative estimate of drug-likeness (QED) is 0.362. The van der Waals surface area contributed by atoms with Crippen molar-refractivity contribution in [2.75, 3.05) is 0 Å². The van der Waals surface area contributed by atoms with Crippen LogP contribution in [0, 0.1) is 0 Å². The van der Waals surface area contributed by atoms with Crippen LogP contribution in [0.5, 0.6) is 28.7 Å². The minimum Gasteiger partial charge on any atom is -0.449 e. The van der Waals surface area contributed by atoms with Crippen molar-refractivity contribution in [3.63, 3.8) is 0 Å². The maximum Gasteiger partial charge on any atom is 0.534 e. The normalized spacial score (nSPS) is 13.3. The van der Waals surface area contributed by atoms with E-state index in [9.17, 15) is 21.6 Å². The van der Waals surface area contributed by atoms with E-state index < -0.39 is 21.4 Å². The molecule has 9 heteroatoms. The molecule has 26 heavy (non-hydrogen) atoms. The fourth-order valence-corrected chi connectivity index (χ4v) is 2.99. The second-order valence-electron chi connectivity index (χ2n) is 5.39. The lowest BCUT2D eigenvalue weighted by Crippen LogP contribution is -2.28. The summed E-state index contributed by atoms with van der Waals surface area (Å²) in [6.45, 7) is 0. The number of halogens is 3. The Hall–Kier alpha value is -2.94. The molecule has 4 rings (SSSR count). The Morgan fingerprint density at radius 1 is 0.846 bits per heavy atom. The van der Waals surface area contributed by atoms with E-state index in [4.69, 9.17) is 9.47 Å². The summed E-state index contributed by atoms with van der Waals surface area (Å²) in [7, 11) is -5.87. The van der Waals surface area contributed by atoms with E-state index in [1.807, 2.05) is 0 Å². The standard InChI is InChI=1S/C17H9F3O5S/c18-17(19,20)26(21,22)25-14-9-10-5-1-2-6-11(10)15-16(14)24-13-8-4-3-7-12(13)23-15/h1-9H. The molecule has 0 saturated carbocycles. The third-order valence-electron chi connectivity index (χ3n) is 3.68. The van der Waals surface area contributed by atoms with Gasteiger partial charge in [-0.25, -0.2) is 0 Å². The number of hydrogen-bond acceptors (Lipinski definition) is 5. The number of ether oxygens (including phenoxy) is 2. The summed E-state index contributed by atoms with van der Waals surface area (Å²) in [5.74, 6) is -0.194. The molecule has 0 saturated heterocycles. The van der Waals surface area contributed by atoms with Gasteiger partial charge in [0.1, 0.15) is 0 Å². The van der Waals surface area contributed by atoms with Crippen LogP contribution in [0.2, 0.25) is 0 Å². The summed E-state index contributed by atoms with van der Waals surface area (Å²) in [5, 5.41) is 0.968. The Morgan fingerprint density at radius 3 is 2.08 bits per heavy atom. The highest BCUT2D eigenvalue weighted by atomic mass is 32.2. The van der Waals surface area contributed by atoms with Crippen molar-refractivity contribution < 1.29 is 35.2 Å². The first-order chi connectivity index (χ1) is 12.3. The van der Waals surface area contributed by atoms with E-state index in [0.29, 0.717) is 16.5 Å². The van der Waals surface area contributed by atoms with Crippen molar-refractivity contribution in [3.05, 3.63) is 54.6 Å². The van der Waals surface area contributed by atoms with Crippen molar-refractivity contribution in [3.8, 4) is 28.7 Å². The zero-order valence-corrected chi connectivity index (χ0v) is 13.6. The molecule has 0 unspecified atom stereocenters. The van der Waals surface area contributed by atoms with Crippen LogP contribution >= 0.6 is 0 Å². The van der Waals surface area contributed by atoms with Crippen LogP contribution < -0.4 is 13.7 Å². The van der Waals surface area contributed by atoms with Gasteiger partial charge in [0.05, 0.1) is 0 Å². The Kier molecular flexibility index (Phi) is 3.52. The summed E-state index contributed by atoms with van der Waals surface area (Å²) in [5.41, 5.74) is -5.57. The third-order valence-corrected chi connectivity index (χ3v) is 4.64. The van der Waals surface area contributed by atoms with Crippen molar-refractivity contribution in [1.82, 2.24) is 0 Å². The molecule has 1 aliphatic heterocycles. The smallest absolute Gasteiger partial charge is 0.449 e. The summed E-state index contributed by atoms with van der Waals surface area (Å²) < 4.78 is 76.7. The maximum atomic E-state index is 12.7. The second-order valence-corrected chi connectivity index (χ2v) is 6.93. The van der Waals surface area contributed by atoms with Gasteiger partial charge in [-0.3, -0.25) is 0 Å². The first-order valence-electron chi connectivity index (χ1n) is 7.27. The lowest BCUT2D eigenvalue weighted by atomic mass is 10.1. The van der Waals surface area contributed by atoms with Gasteiger partial charge >= 0.3 is 15.6 Å². The van der Waals surface area contributed by atoms with Gasteiger partial charge in [-0.05, 0) is 23.6 Å². The summed E-state index contributed by atoms with van der Waals surface area (Å²) >= 11 is 0. The minimum atomic E-state index is -5.87. The van der Waals surface area contributed by atoms with E-state index >= 15 is 0 Å². The van der Waals surface area contributed by atoms with E-state index in [1.54, 1.807) is 42.5 Å². The summed E-state index contributed by atoms with van der Waals surface area (Å²) in [6, 6.07) is 14.3. The van der Waals surface area contributed by atoms with Gasteiger partial charge in [0, 0.05) is 5.39 Å². The molecule has 3 aromatic rings. The minimum absolute atomic E-state index is 0.0779. The monoisotopic (exact) mass is 382 g/mol. The molecular weight excluding hydrogens is 373 g/mol. The van der Waals surface area contributed by atoms with E-state index in [2.05, 4.69) is 4.18 Å². The van der Waals surface area contributed by atoms with Crippen molar-refractivity contribution >= 4 is 20.9 Å². The molecule has 1 aliphatic rings. The van der Waals surface area contributed by atoms with E-state index in [0.717, 1.165) is 6.07 Å². The Labute approximate surface area is 145 Å². The van der Waals surface area contributed by atoms with Crippen LogP contribution in [-0.2, 0) is 10.1 Å². The van der Waals surface area contributed by atoms with Crippen LogP contribution in [-0.4, -0.2) is 13.9 Å². The first kappa shape index (κ1) is 16.5. The molecule has 5 nitrogen and oxygen atoms in total. The summed E-state index contributed by atoms with van der Waals surface area (Å²) in [6.07, 6.45) is 0. The van der Waals surface area contributed by atoms with Gasteiger partial charge in [-0.1, -0.05) is 36.4 Å². The molecule has 1 heterocycles. The fraction of sp³-hybridized carbons (Fsp3) is 0.0588. The molecule has 0 atom stereocenters. The molecule has 0 aliphatic carbocycles. The fourth-order valence-electron chi connectivity index (χ4n) is 2.53. The highest BCUT2D eigenvalue weighted by Gasteiger charge is 2.49. The molecule has 134 valence electrons. The highest BCUT2D eigenvalue weighted by molar-refractivity contribution is 7.88. The number of benzene rings is 3. The van der Waals surface area contributed by atoms with Crippen LogP contribution in [0.15, 0.2) is 54.6 Å². The van der Waals surface area contributed by atoms with Gasteiger partial charge < -0.3 is 13.7 Å². The summed E-state index contributed by atoms with van der Waals surface area (Å²) in [4.78, 5) is 0. The molecule has 0 amide bonds. The third kappa shape index (κ3) is 2.60. The molecule has 0 bridgehead atoms. The van der Waals surface area contributed by atoms with Gasteiger partial charge in [-0.2, -0.15) is 21.6 Å². The zero-order valence-electron chi connectivity index (χ0n) is 12.8. The molecular formula is C17H9F3O5S. The van der Waals surface area contributed by atoms with Crippen LogP contribution in [0.1, 0.15) is 0 Å². The van der Waals surface area contributed by atoms with Crippen LogP contribution in [0.25, 0.3) is 10.8 Å². The molecule has 0 spiro atoms. The zero-order chi connectivity index (χ0) is 18.5. The van der Waals surface area contributed by atoms with Crippen LogP contribution in [0.4, 0.5) is 13.2 Å². The first-order valence-corrected chi connectivity index (χ1v) is 8.68. The topological polar surface area (TPSA) is 61.8 Å². The number of fused-ring (bicyclic) bond motifs is 4.